The lowest BCUT2D eigenvalue weighted by Crippen LogP contribution is -2.34. The Balaban J connectivity index is 1.59. The standard InChI is InChI=1S/C28H19ClN2O6/c1-15-10-25(32)35-23-14-24(34-2)21(13-19(15)23)31-26(16-6-4-3-5-7-16)30-37-27(31)20-11-17-8-9-18(29)12-22(17)36-28(20)33/h3-14,27H,1-2H3. The lowest BCUT2D eigenvalue weighted by atomic mass is 10.1. The highest BCUT2D eigenvalue weighted by molar-refractivity contribution is 6.31. The van der Waals surface area contributed by atoms with Crippen LogP contribution in [0.2, 0.25) is 5.02 Å². The number of oxime groups is 1. The van der Waals surface area contributed by atoms with E-state index in [0.29, 0.717) is 44.2 Å². The van der Waals surface area contributed by atoms with Gasteiger partial charge in [-0.1, -0.05) is 47.1 Å². The largest absolute Gasteiger partial charge is 0.494 e. The van der Waals surface area contributed by atoms with Gasteiger partial charge in [0.2, 0.25) is 6.23 Å². The molecule has 0 amide bonds. The number of anilines is 1. The van der Waals surface area contributed by atoms with Gasteiger partial charge in [0.25, 0.3) is 0 Å². The molecular formula is C28H19ClN2O6. The van der Waals surface area contributed by atoms with E-state index in [2.05, 4.69) is 5.16 Å². The van der Waals surface area contributed by atoms with Gasteiger partial charge in [0.15, 0.2) is 5.84 Å². The van der Waals surface area contributed by atoms with Crippen LogP contribution >= 0.6 is 11.6 Å². The van der Waals surface area contributed by atoms with Crippen molar-refractivity contribution in [3.05, 3.63) is 115 Å². The molecule has 0 radical (unpaired) electrons. The fourth-order valence-electron chi connectivity index (χ4n) is 4.48. The number of rotatable bonds is 4. The molecule has 6 rings (SSSR count). The average Bonchev–Trinajstić information content (AvgIpc) is 3.32. The van der Waals surface area contributed by atoms with Gasteiger partial charge in [-0.25, -0.2) is 9.59 Å². The van der Waals surface area contributed by atoms with E-state index in [-0.39, 0.29) is 5.56 Å². The van der Waals surface area contributed by atoms with Gasteiger partial charge in [-0.3, -0.25) is 4.90 Å². The summed E-state index contributed by atoms with van der Waals surface area (Å²) >= 11 is 6.08. The monoisotopic (exact) mass is 514 g/mol. The number of aryl methyl sites for hydroxylation is 1. The molecule has 1 aliphatic rings. The molecule has 184 valence electrons. The molecule has 1 aliphatic heterocycles. The SMILES string of the molecule is COc1cc2oc(=O)cc(C)c2cc1N1C(c2ccccc2)=NOC1c1cc2ccc(Cl)cc2oc1=O. The Kier molecular flexibility index (Phi) is 5.46. The van der Waals surface area contributed by atoms with Gasteiger partial charge in [-0.2, -0.15) is 0 Å². The van der Waals surface area contributed by atoms with Crippen molar-refractivity contribution in [2.75, 3.05) is 12.0 Å². The Labute approximate surface area is 214 Å². The first-order valence-corrected chi connectivity index (χ1v) is 11.7. The van der Waals surface area contributed by atoms with E-state index in [1.165, 1.54) is 13.2 Å². The quantitative estimate of drug-likeness (QED) is 0.281. The maximum Gasteiger partial charge on any atom is 0.345 e. The van der Waals surface area contributed by atoms with E-state index in [1.54, 1.807) is 35.2 Å². The topological polar surface area (TPSA) is 94.5 Å². The van der Waals surface area contributed by atoms with E-state index >= 15 is 0 Å². The molecule has 1 unspecified atom stereocenters. The zero-order valence-corrected chi connectivity index (χ0v) is 20.5. The van der Waals surface area contributed by atoms with Crippen LogP contribution in [0.4, 0.5) is 5.69 Å². The Bertz CT molecular complexity index is 1830. The van der Waals surface area contributed by atoms with Crippen LogP contribution in [0.1, 0.15) is 22.9 Å². The second-order valence-corrected chi connectivity index (χ2v) is 8.99. The van der Waals surface area contributed by atoms with Crippen LogP contribution in [-0.2, 0) is 4.84 Å². The summed E-state index contributed by atoms with van der Waals surface area (Å²) in [5.41, 5.74) is 1.99. The third-order valence-electron chi connectivity index (χ3n) is 6.24. The smallest absolute Gasteiger partial charge is 0.345 e. The summed E-state index contributed by atoms with van der Waals surface area (Å²) in [5, 5.41) is 6.20. The van der Waals surface area contributed by atoms with Crippen molar-refractivity contribution in [2.24, 2.45) is 5.16 Å². The number of methoxy groups -OCH3 is 1. The number of amidine groups is 1. The summed E-state index contributed by atoms with van der Waals surface area (Å²) < 4.78 is 16.7. The van der Waals surface area contributed by atoms with Crippen molar-refractivity contribution in [3.63, 3.8) is 0 Å². The molecule has 2 aromatic heterocycles. The second kappa shape index (κ2) is 8.83. The van der Waals surface area contributed by atoms with E-state index in [9.17, 15) is 9.59 Å². The third-order valence-corrected chi connectivity index (χ3v) is 6.47. The van der Waals surface area contributed by atoms with Crippen molar-refractivity contribution >= 4 is 45.1 Å². The van der Waals surface area contributed by atoms with Crippen LogP contribution in [0.25, 0.3) is 21.9 Å². The Morgan fingerprint density at radius 2 is 1.76 bits per heavy atom. The first-order valence-electron chi connectivity index (χ1n) is 11.4. The summed E-state index contributed by atoms with van der Waals surface area (Å²) in [5.74, 6) is 0.867. The Morgan fingerprint density at radius 3 is 2.54 bits per heavy atom. The average molecular weight is 515 g/mol. The molecule has 3 aromatic carbocycles. The Morgan fingerprint density at radius 1 is 0.946 bits per heavy atom. The van der Waals surface area contributed by atoms with Gasteiger partial charge in [0, 0.05) is 39.6 Å². The molecule has 0 N–H and O–H groups in total. The van der Waals surface area contributed by atoms with Gasteiger partial charge in [0.05, 0.1) is 12.8 Å². The van der Waals surface area contributed by atoms with Gasteiger partial charge >= 0.3 is 11.3 Å². The van der Waals surface area contributed by atoms with Gasteiger partial charge in [-0.05, 0) is 36.8 Å². The summed E-state index contributed by atoms with van der Waals surface area (Å²) in [7, 11) is 1.51. The molecule has 9 heteroatoms. The van der Waals surface area contributed by atoms with Gasteiger partial charge in [-0.15, -0.1) is 0 Å². The molecule has 5 aromatic rings. The lowest BCUT2D eigenvalue weighted by molar-refractivity contribution is 0.0842. The van der Waals surface area contributed by atoms with E-state index in [0.717, 1.165) is 11.1 Å². The van der Waals surface area contributed by atoms with Crippen LogP contribution in [0.5, 0.6) is 5.75 Å². The molecule has 0 saturated carbocycles. The van der Waals surface area contributed by atoms with E-state index < -0.39 is 17.5 Å². The fraction of sp³-hybridized carbons (Fsp3) is 0.107. The number of halogens is 1. The molecule has 0 aliphatic carbocycles. The number of ether oxygens (including phenoxy) is 1. The second-order valence-electron chi connectivity index (χ2n) is 8.55. The highest BCUT2D eigenvalue weighted by Crippen LogP contribution is 2.42. The zero-order valence-electron chi connectivity index (χ0n) is 19.7. The molecule has 0 saturated heterocycles. The minimum absolute atomic E-state index is 0.239. The predicted molar refractivity (Wildman–Crippen MR) is 141 cm³/mol. The number of hydrogen-bond acceptors (Lipinski definition) is 8. The number of benzene rings is 3. The molecule has 0 bridgehead atoms. The fourth-order valence-corrected chi connectivity index (χ4v) is 4.64. The minimum Gasteiger partial charge on any atom is -0.494 e. The van der Waals surface area contributed by atoms with Crippen LogP contribution < -0.4 is 20.9 Å². The van der Waals surface area contributed by atoms with Crippen molar-refractivity contribution in [3.8, 4) is 5.75 Å². The molecule has 1 atom stereocenters. The predicted octanol–water partition coefficient (Wildman–Crippen LogP) is 5.77. The highest BCUT2D eigenvalue weighted by Gasteiger charge is 2.38. The zero-order chi connectivity index (χ0) is 25.7. The van der Waals surface area contributed by atoms with Crippen molar-refractivity contribution in [1.29, 1.82) is 0 Å². The number of nitrogens with zero attached hydrogens (tertiary/aromatic N) is 2. The van der Waals surface area contributed by atoms with E-state index in [4.69, 9.17) is 30.0 Å². The molecule has 0 spiro atoms. The maximum atomic E-state index is 13.2. The van der Waals surface area contributed by atoms with Gasteiger partial charge < -0.3 is 18.4 Å². The van der Waals surface area contributed by atoms with Crippen LogP contribution in [0, 0.1) is 6.92 Å². The molecule has 8 nitrogen and oxygen atoms in total. The third kappa shape index (κ3) is 3.91. The summed E-state index contributed by atoms with van der Waals surface area (Å²) in [6.07, 6.45) is -0.964. The normalized spacial score (nSPS) is 15.2. The van der Waals surface area contributed by atoms with Crippen LogP contribution in [0.3, 0.4) is 0 Å². The summed E-state index contributed by atoms with van der Waals surface area (Å²) in [6.45, 7) is 1.82. The molecule has 37 heavy (non-hydrogen) atoms. The minimum atomic E-state index is -0.964. The lowest BCUT2D eigenvalue weighted by Gasteiger charge is -2.27. The van der Waals surface area contributed by atoms with Crippen LogP contribution in [0.15, 0.2) is 96.4 Å². The first kappa shape index (κ1) is 22.9. The van der Waals surface area contributed by atoms with Crippen molar-refractivity contribution in [2.45, 2.75) is 13.2 Å². The van der Waals surface area contributed by atoms with Gasteiger partial charge in [0.1, 0.15) is 22.5 Å². The highest BCUT2D eigenvalue weighted by atomic mass is 35.5. The summed E-state index contributed by atoms with van der Waals surface area (Å²) in [6, 6.07) is 21.1. The van der Waals surface area contributed by atoms with Crippen LogP contribution in [-0.4, -0.2) is 12.9 Å². The number of hydrogen-bond donors (Lipinski definition) is 0. The van der Waals surface area contributed by atoms with Crippen molar-refractivity contribution < 1.29 is 18.4 Å². The van der Waals surface area contributed by atoms with Crippen molar-refractivity contribution in [1.82, 2.24) is 0 Å². The maximum absolute atomic E-state index is 13.2. The van der Waals surface area contributed by atoms with E-state index in [1.807, 2.05) is 43.3 Å². The summed E-state index contributed by atoms with van der Waals surface area (Å²) in [4.78, 5) is 32.8. The molecular weight excluding hydrogens is 496 g/mol. The number of fused-ring (bicyclic) bond motifs is 2. The molecule has 3 heterocycles. The molecule has 0 fully saturated rings. The first-order chi connectivity index (χ1) is 17.9. The Hall–Kier alpha value is -4.56.